The van der Waals surface area contributed by atoms with Crippen LogP contribution in [0.5, 0.6) is 0 Å². The van der Waals surface area contributed by atoms with Crippen molar-refractivity contribution in [3.05, 3.63) is 97.2 Å². The van der Waals surface area contributed by atoms with Crippen LogP contribution in [0.1, 0.15) is 251 Å². The smallest absolute Gasteiger partial charge is 0.306 e. The van der Waals surface area contributed by atoms with Crippen molar-refractivity contribution < 1.29 is 24.2 Å². The van der Waals surface area contributed by atoms with Crippen LogP contribution in [0, 0.1) is 0 Å². The van der Waals surface area contributed by atoms with Crippen LogP contribution < -0.4 is 0 Å². The Kier molecular flexibility index (Phi) is 52.5. The van der Waals surface area contributed by atoms with Gasteiger partial charge in [0.1, 0.15) is 6.61 Å². The van der Waals surface area contributed by atoms with Gasteiger partial charge in [-0.05, 0) is 77.0 Å². The Morgan fingerprint density at radius 3 is 1.00 bits per heavy atom. The molecule has 65 heavy (non-hydrogen) atoms. The number of hydrogen-bond acceptors (Lipinski definition) is 5. The number of allylic oxidation sites excluding steroid dienone is 16. The van der Waals surface area contributed by atoms with Gasteiger partial charge in [0.05, 0.1) is 6.61 Å². The Balaban J connectivity index is 3.55. The van der Waals surface area contributed by atoms with Gasteiger partial charge in [-0.1, -0.05) is 259 Å². The molecule has 0 saturated carbocycles. The molecule has 0 heterocycles. The molecule has 1 atom stereocenters. The van der Waals surface area contributed by atoms with Crippen molar-refractivity contribution in [1.82, 2.24) is 0 Å². The zero-order valence-corrected chi connectivity index (χ0v) is 42.5. The van der Waals surface area contributed by atoms with Gasteiger partial charge in [-0.15, -0.1) is 0 Å². The molecule has 372 valence electrons. The highest BCUT2D eigenvalue weighted by atomic mass is 16.6. The molecular weight excluding hydrogens is 801 g/mol. The number of carbonyl (C=O) groups excluding carboxylic acids is 2. The van der Waals surface area contributed by atoms with E-state index >= 15 is 0 Å². The highest BCUT2D eigenvalue weighted by Gasteiger charge is 2.16. The second kappa shape index (κ2) is 55.1. The average Bonchev–Trinajstić information content (AvgIpc) is 3.31. The number of hydrogen-bond donors (Lipinski definition) is 1. The Morgan fingerprint density at radius 1 is 0.369 bits per heavy atom. The fraction of sp³-hybridized carbons (Fsp3) is 0.700. The van der Waals surface area contributed by atoms with Crippen LogP contribution in [-0.2, 0) is 19.1 Å². The summed E-state index contributed by atoms with van der Waals surface area (Å²) in [7, 11) is 0. The van der Waals surface area contributed by atoms with Crippen molar-refractivity contribution in [2.24, 2.45) is 0 Å². The molecule has 0 amide bonds. The lowest BCUT2D eigenvalue weighted by atomic mass is 10.0. The number of aliphatic hydroxyl groups is 1. The van der Waals surface area contributed by atoms with Crippen LogP contribution in [-0.4, -0.2) is 36.4 Å². The molecule has 0 aromatic carbocycles. The van der Waals surface area contributed by atoms with Crippen LogP contribution in [0.4, 0.5) is 0 Å². The van der Waals surface area contributed by atoms with E-state index in [1.54, 1.807) is 0 Å². The summed E-state index contributed by atoms with van der Waals surface area (Å²) in [5.74, 6) is -0.592. The van der Waals surface area contributed by atoms with E-state index in [1.807, 2.05) is 0 Å². The predicted molar refractivity (Wildman–Crippen MR) is 283 cm³/mol. The minimum Gasteiger partial charge on any atom is -0.462 e. The molecule has 5 heteroatoms. The first kappa shape index (κ1) is 61.8. The van der Waals surface area contributed by atoms with E-state index in [2.05, 4.69) is 111 Å². The van der Waals surface area contributed by atoms with Gasteiger partial charge in [0.25, 0.3) is 0 Å². The van der Waals surface area contributed by atoms with E-state index in [0.717, 1.165) is 89.9 Å². The van der Waals surface area contributed by atoms with Crippen molar-refractivity contribution in [2.45, 2.75) is 258 Å². The lowest BCUT2D eigenvalue weighted by Gasteiger charge is -2.15. The van der Waals surface area contributed by atoms with Gasteiger partial charge in [-0.3, -0.25) is 9.59 Å². The molecule has 0 aliphatic carbocycles. The monoisotopic (exact) mass is 903 g/mol. The predicted octanol–water partition coefficient (Wildman–Crippen LogP) is 18.4. The standard InChI is InChI=1S/C60H102O5/c1-3-5-7-9-11-13-15-17-19-21-22-23-24-25-26-27-28-29-30-31-32-33-34-35-36-37-38-39-41-43-45-47-49-51-53-55-60(63)65-58(56-61)57-64-59(62)54-52-50-48-46-44-42-40-20-18-16-14-12-10-8-6-4-2/h5,7,11,13,17,19,22-23,25-26,28-29,31-32,34-35,58,61H,3-4,6,8-10,12,14-16,18,20-21,24,27,30,33,36-57H2,1-2H3/b7-5-,13-11-,19-17-,23-22-,26-25-,29-28-,32-31-,35-34-. The Hall–Kier alpha value is -3.18. The van der Waals surface area contributed by atoms with E-state index in [0.29, 0.717) is 12.8 Å². The molecular formula is C60H102O5. The summed E-state index contributed by atoms with van der Waals surface area (Å²) in [4.78, 5) is 24.5. The molecule has 5 nitrogen and oxygen atoms in total. The number of ether oxygens (including phenoxy) is 2. The first-order valence-corrected chi connectivity index (χ1v) is 27.3. The fourth-order valence-electron chi connectivity index (χ4n) is 7.57. The summed E-state index contributed by atoms with van der Waals surface area (Å²) in [6, 6.07) is 0. The Labute approximate surface area is 402 Å². The van der Waals surface area contributed by atoms with Gasteiger partial charge in [-0.2, -0.15) is 0 Å². The SMILES string of the molecule is CC/C=C\C/C=C\C/C=C\C/C=C\C/C=C\C/C=C\C/C=C\C/C=C\CCCCCCCCCCCCC(=O)OC(CO)COC(=O)CCCCCCCCCCCCCCCCCC. The van der Waals surface area contributed by atoms with Crippen LogP contribution in [0.2, 0.25) is 0 Å². The summed E-state index contributed by atoms with van der Waals surface area (Å²) in [5.41, 5.74) is 0. The van der Waals surface area contributed by atoms with Gasteiger partial charge in [0, 0.05) is 12.8 Å². The quantitative estimate of drug-likeness (QED) is 0.0374. The second-order valence-electron chi connectivity index (χ2n) is 17.9. The van der Waals surface area contributed by atoms with Gasteiger partial charge >= 0.3 is 11.9 Å². The largest absolute Gasteiger partial charge is 0.462 e. The maximum absolute atomic E-state index is 12.3. The highest BCUT2D eigenvalue weighted by molar-refractivity contribution is 5.70. The molecule has 0 bridgehead atoms. The number of carbonyl (C=O) groups is 2. The minimum absolute atomic E-state index is 0.0684. The maximum Gasteiger partial charge on any atom is 0.306 e. The van der Waals surface area contributed by atoms with Gasteiger partial charge in [0.15, 0.2) is 6.10 Å². The fourth-order valence-corrected chi connectivity index (χ4v) is 7.57. The average molecular weight is 903 g/mol. The van der Waals surface area contributed by atoms with E-state index < -0.39 is 6.10 Å². The molecule has 1 unspecified atom stereocenters. The third-order valence-corrected chi connectivity index (χ3v) is 11.6. The lowest BCUT2D eigenvalue weighted by Crippen LogP contribution is -2.28. The molecule has 0 aliphatic heterocycles. The number of esters is 2. The topological polar surface area (TPSA) is 72.8 Å². The summed E-state index contributed by atoms with van der Waals surface area (Å²) >= 11 is 0. The number of aliphatic hydroxyl groups excluding tert-OH is 1. The first-order chi connectivity index (χ1) is 32.1. The Morgan fingerprint density at radius 2 is 0.662 bits per heavy atom. The number of unbranched alkanes of at least 4 members (excludes halogenated alkanes) is 25. The summed E-state index contributed by atoms with van der Waals surface area (Å²) in [5, 5.41) is 9.63. The van der Waals surface area contributed by atoms with Crippen molar-refractivity contribution in [3.8, 4) is 0 Å². The van der Waals surface area contributed by atoms with Crippen molar-refractivity contribution >= 4 is 11.9 Å². The van der Waals surface area contributed by atoms with Gasteiger partial charge in [0.2, 0.25) is 0 Å². The zero-order chi connectivity index (χ0) is 47.0. The highest BCUT2D eigenvalue weighted by Crippen LogP contribution is 2.16. The molecule has 0 saturated heterocycles. The minimum atomic E-state index is -0.777. The number of rotatable bonds is 49. The van der Waals surface area contributed by atoms with Gasteiger partial charge < -0.3 is 14.6 Å². The molecule has 0 aromatic heterocycles. The normalized spacial score (nSPS) is 13.0. The maximum atomic E-state index is 12.3. The van der Waals surface area contributed by atoms with Crippen LogP contribution in [0.3, 0.4) is 0 Å². The molecule has 0 radical (unpaired) electrons. The molecule has 0 aliphatic rings. The first-order valence-electron chi connectivity index (χ1n) is 27.3. The van der Waals surface area contributed by atoms with Crippen LogP contribution >= 0.6 is 0 Å². The molecule has 0 fully saturated rings. The molecule has 0 aromatic rings. The van der Waals surface area contributed by atoms with Gasteiger partial charge in [-0.25, -0.2) is 0 Å². The summed E-state index contributed by atoms with van der Waals surface area (Å²) < 4.78 is 10.7. The third-order valence-electron chi connectivity index (χ3n) is 11.6. The molecule has 0 rings (SSSR count). The van der Waals surface area contributed by atoms with E-state index in [-0.39, 0.29) is 25.2 Å². The van der Waals surface area contributed by atoms with Crippen molar-refractivity contribution in [2.75, 3.05) is 13.2 Å². The van der Waals surface area contributed by atoms with E-state index in [1.165, 1.54) is 135 Å². The van der Waals surface area contributed by atoms with E-state index in [9.17, 15) is 14.7 Å². The lowest BCUT2D eigenvalue weighted by molar-refractivity contribution is -0.161. The van der Waals surface area contributed by atoms with Crippen LogP contribution in [0.15, 0.2) is 97.2 Å². The summed E-state index contributed by atoms with van der Waals surface area (Å²) in [6.45, 7) is 4.04. The van der Waals surface area contributed by atoms with Crippen molar-refractivity contribution in [3.63, 3.8) is 0 Å². The Bertz CT molecular complexity index is 1250. The molecule has 1 N–H and O–H groups in total. The van der Waals surface area contributed by atoms with E-state index in [4.69, 9.17) is 9.47 Å². The van der Waals surface area contributed by atoms with Crippen molar-refractivity contribution in [1.29, 1.82) is 0 Å². The summed E-state index contributed by atoms with van der Waals surface area (Å²) in [6.07, 6.45) is 78.0. The second-order valence-corrected chi connectivity index (χ2v) is 17.9. The van der Waals surface area contributed by atoms with Crippen LogP contribution in [0.25, 0.3) is 0 Å². The molecule has 0 spiro atoms. The zero-order valence-electron chi connectivity index (χ0n) is 42.5. The third kappa shape index (κ3) is 53.3.